The number of likely N-dealkylation sites (tertiary alicyclic amines) is 1. The van der Waals surface area contributed by atoms with Gasteiger partial charge in [0.05, 0.1) is 25.0 Å². The number of furan rings is 1. The van der Waals surface area contributed by atoms with Crippen LogP contribution in [-0.4, -0.2) is 60.3 Å². The first-order valence-electron chi connectivity index (χ1n) is 8.56. The molecule has 1 N–H and O–H groups in total. The monoisotopic (exact) mass is 321 g/mol. The molecule has 3 atom stereocenters. The Morgan fingerprint density at radius 2 is 2.13 bits per heavy atom. The van der Waals surface area contributed by atoms with Crippen LogP contribution in [0.5, 0.6) is 0 Å². The van der Waals surface area contributed by atoms with E-state index in [-0.39, 0.29) is 18.2 Å². The number of nitrogens with zero attached hydrogens (tertiary/aromatic N) is 2. The lowest BCUT2D eigenvalue weighted by Crippen LogP contribution is -2.52. The largest absolute Gasteiger partial charge is 0.467 e. The third-order valence-corrected chi connectivity index (χ3v) is 4.60. The first-order valence-corrected chi connectivity index (χ1v) is 8.56. The number of amides is 2. The standard InChI is InChI=1S/C17H27N3O3/c1-13-10-19(11-14(2)23-13)12-15-5-3-7-20(15)17(21)18-9-16-6-4-8-22-16/h4,6,8,13-15H,3,5,7,9-12H2,1-2H3,(H,18,21). The lowest BCUT2D eigenvalue weighted by atomic mass is 10.1. The van der Waals surface area contributed by atoms with E-state index in [0.717, 1.165) is 44.8 Å². The zero-order chi connectivity index (χ0) is 16.2. The van der Waals surface area contributed by atoms with Crippen LogP contribution < -0.4 is 5.32 Å². The molecule has 0 radical (unpaired) electrons. The lowest BCUT2D eigenvalue weighted by molar-refractivity contribution is -0.0713. The highest BCUT2D eigenvalue weighted by molar-refractivity contribution is 5.74. The van der Waals surface area contributed by atoms with Gasteiger partial charge in [-0.1, -0.05) is 0 Å². The number of ether oxygens (including phenoxy) is 1. The van der Waals surface area contributed by atoms with E-state index in [1.165, 1.54) is 0 Å². The Morgan fingerprint density at radius 3 is 2.83 bits per heavy atom. The second-order valence-corrected chi connectivity index (χ2v) is 6.70. The summed E-state index contributed by atoms with van der Waals surface area (Å²) in [7, 11) is 0. The maximum Gasteiger partial charge on any atom is 0.318 e. The van der Waals surface area contributed by atoms with Crippen molar-refractivity contribution in [1.82, 2.24) is 15.1 Å². The summed E-state index contributed by atoms with van der Waals surface area (Å²) in [4.78, 5) is 16.9. The van der Waals surface area contributed by atoms with Crippen LogP contribution in [0.3, 0.4) is 0 Å². The van der Waals surface area contributed by atoms with Crippen molar-refractivity contribution in [3.8, 4) is 0 Å². The first kappa shape index (κ1) is 16.3. The molecule has 0 aromatic carbocycles. The van der Waals surface area contributed by atoms with E-state index in [2.05, 4.69) is 24.1 Å². The molecule has 6 heteroatoms. The van der Waals surface area contributed by atoms with E-state index >= 15 is 0 Å². The van der Waals surface area contributed by atoms with Gasteiger partial charge in [0.15, 0.2) is 0 Å². The van der Waals surface area contributed by atoms with Crippen molar-refractivity contribution in [2.24, 2.45) is 0 Å². The minimum atomic E-state index is 0.0123. The topological polar surface area (TPSA) is 58.0 Å². The Balaban J connectivity index is 1.51. The summed E-state index contributed by atoms with van der Waals surface area (Å²) in [5.41, 5.74) is 0. The van der Waals surface area contributed by atoms with E-state index < -0.39 is 0 Å². The summed E-state index contributed by atoms with van der Waals surface area (Å²) in [5, 5.41) is 2.96. The van der Waals surface area contributed by atoms with Crippen molar-refractivity contribution >= 4 is 6.03 Å². The van der Waals surface area contributed by atoms with Crippen molar-refractivity contribution in [2.75, 3.05) is 26.2 Å². The van der Waals surface area contributed by atoms with Gasteiger partial charge in [-0.25, -0.2) is 4.79 Å². The van der Waals surface area contributed by atoms with Crippen LogP contribution in [0, 0.1) is 0 Å². The Kier molecular flexibility index (Phi) is 5.23. The summed E-state index contributed by atoms with van der Waals surface area (Å²) in [6, 6.07) is 4.02. The molecule has 0 aliphatic carbocycles. The highest BCUT2D eigenvalue weighted by Crippen LogP contribution is 2.20. The minimum absolute atomic E-state index is 0.0123. The molecule has 0 bridgehead atoms. The second kappa shape index (κ2) is 7.36. The van der Waals surface area contributed by atoms with E-state index in [1.807, 2.05) is 17.0 Å². The van der Waals surface area contributed by atoms with Gasteiger partial charge in [-0.2, -0.15) is 0 Å². The van der Waals surface area contributed by atoms with Gasteiger partial charge in [-0.05, 0) is 38.8 Å². The van der Waals surface area contributed by atoms with Crippen LogP contribution in [0.15, 0.2) is 22.8 Å². The summed E-state index contributed by atoms with van der Waals surface area (Å²) in [6.07, 6.45) is 4.31. The van der Waals surface area contributed by atoms with E-state index in [4.69, 9.17) is 9.15 Å². The van der Waals surface area contributed by atoms with Crippen molar-refractivity contribution in [3.63, 3.8) is 0 Å². The highest BCUT2D eigenvalue weighted by Gasteiger charge is 2.32. The van der Waals surface area contributed by atoms with Crippen molar-refractivity contribution in [3.05, 3.63) is 24.2 Å². The molecule has 0 saturated carbocycles. The average Bonchev–Trinajstić information content (AvgIpc) is 3.15. The summed E-state index contributed by atoms with van der Waals surface area (Å²) < 4.78 is 11.1. The predicted octanol–water partition coefficient (Wildman–Crippen LogP) is 2.06. The maximum absolute atomic E-state index is 12.5. The fraction of sp³-hybridized carbons (Fsp3) is 0.706. The molecule has 3 unspecified atom stereocenters. The number of morpholine rings is 1. The van der Waals surface area contributed by atoms with E-state index in [9.17, 15) is 4.79 Å². The van der Waals surface area contributed by atoms with Crippen molar-refractivity contribution < 1.29 is 13.9 Å². The fourth-order valence-corrected chi connectivity index (χ4v) is 3.70. The van der Waals surface area contributed by atoms with Gasteiger partial charge in [0.1, 0.15) is 5.76 Å². The van der Waals surface area contributed by atoms with Crippen LogP contribution in [0.2, 0.25) is 0 Å². The summed E-state index contributed by atoms with van der Waals surface area (Å²) >= 11 is 0. The molecule has 1 aromatic heterocycles. The van der Waals surface area contributed by atoms with Gasteiger partial charge < -0.3 is 19.4 Å². The van der Waals surface area contributed by atoms with Crippen LogP contribution in [0.4, 0.5) is 4.79 Å². The number of rotatable bonds is 4. The molecule has 3 rings (SSSR count). The minimum Gasteiger partial charge on any atom is -0.467 e. The SMILES string of the molecule is CC1CN(CC2CCCN2C(=O)NCc2ccco2)CC(C)O1. The molecule has 2 amide bonds. The number of carbonyl (C=O) groups excluding carboxylic acids is 1. The number of urea groups is 1. The molecule has 0 spiro atoms. The third kappa shape index (κ3) is 4.26. The zero-order valence-corrected chi connectivity index (χ0v) is 14.0. The van der Waals surface area contributed by atoms with Gasteiger partial charge >= 0.3 is 6.03 Å². The molecular weight excluding hydrogens is 294 g/mol. The van der Waals surface area contributed by atoms with Gasteiger partial charge in [0.2, 0.25) is 0 Å². The predicted molar refractivity (Wildman–Crippen MR) is 87.1 cm³/mol. The summed E-state index contributed by atoms with van der Waals surface area (Å²) in [6.45, 7) is 8.35. The molecule has 23 heavy (non-hydrogen) atoms. The molecule has 1 aromatic rings. The lowest BCUT2D eigenvalue weighted by Gasteiger charge is -2.38. The second-order valence-electron chi connectivity index (χ2n) is 6.70. The van der Waals surface area contributed by atoms with Gasteiger partial charge in [-0.3, -0.25) is 4.90 Å². The normalized spacial score (nSPS) is 29.0. The van der Waals surface area contributed by atoms with E-state index in [1.54, 1.807) is 6.26 Å². The van der Waals surface area contributed by atoms with E-state index in [0.29, 0.717) is 12.6 Å². The number of carbonyl (C=O) groups is 1. The van der Waals surface area contributed by atoms with Gasteiger partial charge in [0, 0.05) is 32.2 Å². The fourth-order valence-electron chi connectivity index (χ4n) is 3.70. The van der Waals surface area contributed by atoms with Gasteiger partial charge in [-0.15, -0.1) is 0 Å². The van der Waals surface area contributed by atoms with Crippen LogP contribution >= 0.6 is 0 Å². The zero-order valence-electron chi connectivity index (χ0n) is 14.0. The Bertz CT molecular complexity index is 495. The Hall–Kier alpha value is -1.53. The Morgan fingerprint density at radius 1 is 1.35 bits per heavy atom. The number of hydrogen-bond donors (Lipinski definition) is 1. The smallest absolute Gasteiger partial charge is 0.318 e. The molecule has 128 valence electrons. The van der Waals surface area contributed by atoms with Crippen LogP contribution in [-0.2, 0) is 11.3 Å². The van der Waals surface area contributed by atoms with Crippen LogP contribution in [0.1, 0.15) is 32.4 Å². The molecule has 2 aliphatic rings. The quantitative estimate of drug-likeness (QED) is 0.922. The van der Waals surface area contributed by atoms with Crippen molar-refractivity contribution in [2.45, 2.75) is 51.5 Å². The van der Waals surface area contributed by atoms with Crippen LogP contribution in [0.25, 0.3) is 0 Å². The Labute approximate surface area is 137 Å². The van der Waals surface area contributed by atoms with Gasteiger partial charge in [0.25, 0.3) is 0 Å². The third-order valence-electron chi connectivity index (χ3n) is 4.60. The number of nitrogens with one attached hydrogen (secondary N) is 1. The molecule has 6 nitrogen and oxygen atoms in total. The maximum atomic E-state index is 12.5. The molecule has 3 heterocycles. The highest BCUT2D eigenvalue weighted by atomic mass is 16.5. The van der Waals surface area contributed by atoms with Crippen molar-refractivity contribution in [1.29, 1.82) is 0 Å². The average molecular weight is 321 g/mol. The first-order chi connectivity index (χ1) is 11.1. The number of hydrogen-bond acceptors (Lipinski definition) is 4. The molecule has 2 aliphatic heterocycles. The molecule has 2 saturated heterocycles. The summed E-state index contributed by atoms with van der Waals surface area (Å²) in [5.74, 6) is 0.782. The molecular formula is C17H27N3O3. The molecule has 2 fully saturated rings.